The van der Waals surface area contributed by atoms with Crippen LogP contribution in [0.15, 0.2) is 30.7 Å². The summed E-state index contributed by atoms with van der Waals surface area (Å²) in [6.07, 6.45) is 3.37. The summed E-state index contributed by atoms with van der Waals surface area (Å²) < 4.78 is 55.7. The highest BCUT2D eigenvalue weighted by Gasteiger charge is 2.44. The van der Waals surface area contributed by atoms with Crippen molar-refractivity contribution < 1.29 is 17.6 Å². The minimum Gasteiger partial charge on any atom is -0.360 e. The number of aromatic amines is 1. The molecule has 1 aliphatic rings. The van der Waals surface area contributed by atoms with Gasteiger partial charge in [0.1, 0.15) is 12.1 Å². The first-order chi connectivity index (χ1) is 13.4. The van der Waals surface area contributed by atoms with Crippen LogP contribution < -0.4 is 5.32 Å². The van der Waals surface area contributed by atoms with Crippen molar-refractivity contribution in [1.82, 2.24) is 25.1 Å². The van der Waals surface area contributed by atoms with Gasteiger partial charge in [0.15, 0.2) is 17.3 Å². The van der Waals surface area contributed by atoms with Crippen LogP contribution in [-0.4, -0.2) is 56.7 Å². The Balaban J connectivity index is 1.39. The van der Waals surface area contributed by atoms with Gasteiger partial charge in [0.05, 0.1) is 24.2 Å². The number of anilines is 1. The van der Waals surface area contributed by atoms with Crippen molar-refractivity contribution in [3.63, 3.8) is 0 Å². The molecule has 0 bridgehead atoms. The van der Waals surface area contributed by atoms with Crippen LogP contribution in [0.3, 0.4) is 0 Å². The molecule has 1 atom stereocenters. The molecule has 4 rings (SSSR count). The molecule has 1 saturated heterocycles. The van der Waals surface area contributed by atoms with E-state index in [1.54, 1.807) is 4.90 Å². The summed E-state index contributed by atoms with van der Waals surface area (Å²) >= 11 is 0. The molecule has 0 spiro atoms. The first-order valence-electron chi connectivity index (χ1n) is 8.87. The van der Waals surface area contributed by atoms with E-state index in [-0.39, 0.29) is 6.42 Å². The zero-order valence-electron chi connectivity index (χ0n) is 14.8. The zero-order chi connectivity index (χ0) is 19.7. The quantitative estimate of drug-likeness (QED) is 0.651. The average molecular weight is 394 g/mol. The first-order valence-corrected chi connectivity index (χ1v) is 8.87. The smallest absolute Gasteiger partial charge is 0.280 e. The molecule has 148 valence electrons. The van der Waals surface area contributed by atoms with Crippen LogP contribution in [0.4, 0.5) is 23.4 Å². The fraction of sp³-hybridized carbons (Fsp3) is 0.389. The molecular weight excluding hydrogens is 376 g/mol. The number of aromatic nitrogens is 4. The first kappa shape index (κ1) is 18.6. The normalized spacial score (nSPS) is 19.8. The predicted molar refractivity (Wildman–Crippen MR) is 95.2 cm³/mol. The Bertz CT molecular complexity index is 976. The van der Waals surface area contributed by atoms with Crippen LogP contribution in [0.2, 0.25) is 0 Å². The summed E-state index contributed by atoms with van der Waals surface area (Å²) in [5, 5.41) is 9.92. The topological polar surface area (TPSA) is 69.7 Å². The second-order valence-electron chi connectivity index (χ2n) is 6.88. The van der Waals surface area contributed by atoms with Gasteiger partial charge in [-0.25, -0.2) is 27.5 Å². The second kappa shape index (κ2) is 7.34. The molecule has 0 aliphatic carbocycles. The van der Waals surface area contributed by atoms with Crippen LogP contribution in [0, 0.1) is 11.6 Å². The number of hydrogen-bond donors (Lipinski definition) is 2. The van der Waals surface area contributed by atoms with E-state index in [9.17, 15) is 17.6 Å². The average Bonchev–Trinajstić information content (AvgIpc) is 3.14. The van der Waals surface area contributed by atoms with Gasteiger partial charge in [-0.3, -0.25) is 10.00 Å². The molecule has 6 nitrogen and oxygen atoms in total. The molecular formula is C18H18F4N6. The third-order valence-electron chi connectivity index (χ3n) is 4.94. The molecule has 28 heavy (non-hydrogen) atoms. The van der Waals surface area contributed by atoms with Crippen molar-refractivity contribution in [1.29, 1.82) is 0 Å². The summed E-state index contributed by atoms with van der Waals surface area (Å²) in [7, 11) is 0. The van der Waals surface area contributed by atoms with Gasteiger partial charge in [0, 0.05) is 13.1 Å². The Morgan fingerprint density at radius 3 is 2.86 bits per heavy atom. The van der Waals surface area contributed by atoms with Crippen molar-refractivity contribution in [2.45, 2.75) is 24.8 Å². The van der Waals surface area contributed by atoms with E-state index < -0.39 is 30.1 Å². The van der Waals surface area contributed by atoms with Crippen LogP contribution in [-0.2, 0) is 6.42 Å². The Morgan fingerprint density at radius 1 is 1.21 bits per heavy atom. The fourth-order valence-corrected chi connectivity index (χ4v) is 3.41. The number of nitrogens with one attached hydrogen (secondary N) is 2. The molecule has 2 N–H and O–H groups in total. The fourth-order valence-electron chi connectivity index (χ4n) is 3.41. The molecule has 1 aliphatic heterocycles. The van der Waals surface area contributed by atoms with Gasteiger partial charge in [-0.15, -0.1) is 0 Å². The molecule has 1 unspecified atom stereocenters. The molecule has 0 radical (unpaired) electrons. The SMILES string of the molecule is Fc1ccc(CCN2CCC(Nc3ncnc4[nH]ncc34)C(F)(F)C2)cc1F. The second-order valence-corrected chi connectivity index (χ2v) is 6.88. The highest BCUT2D eigenvalue weighted by atomic mass is 19.3. The lowest BCUT2D eigenvalue weighted by Gasteiger charge is -2.38. The molecule has 10 heteroatoms. The van der Waals surface area contributed by atoms with E-state index in [1.807, 2.05) is 0 Å². The Labute approximate surface area is 158 Å². The van der Waals surface area contributed by atoms with Crippen LogP contribution in [0.25, 0.3) is 11.0 Å². The molecule has 2 aromatic heterocycles. The predicted octanol–water partition coefficient (Wildman–Crippen LogP) is 3.00. The highest BCUT2D eigenvalue weighted by molar-refractivity contribution is 5.85. The lowest BCUT2D eigenvalue weighted by atomic mass is 10.00. The number of rotatable bonds is 5. The van der Waals surface area contributed by atoms with E-state index in [2.05, 4.69) is 25.5 Å². The molecule has 1 aromatic carbocycles. The largest absolute Gasteiger partial charge is 0.360 e. The van der Waals surface area contributed by atoms with Crippen molar-refractivity contribution >= 4 is 16.9 Å². The standard InChI is InChI=1S/C18H18F4N6/c19-13-2-1-11(7-14(13)20)3-5-28-6-4-15(18(21,22)9-28)26-16-12-8-25-27-17(12)24-10-23-16/h1-2,7-8,10,15H,3-6,9H2,(H2,23,24,25,26,27). The summed E-state index contributed by atoms with van der Waals surface area (Å²) in [5.41, 5.74) is 1.05. The third-order valence-corrected chi connectivity index (χ3v) is 4.94. The van der Waals surface area contributed by atoms with Crippen LogP contribution >= 0.6 is 0 Å². The van der Waals surface area contributed by atoms with E-state index in [1.165, 1.54) is 18.6 Å². The van der Waals surface area contributed by atoms with E-state index in [0.29, 0.717) is 41.9 Å². The van der Waals surface area contributed by atoms with E-state index in [0.717, 1.165) is 12.1 Å². The summed E-state index contributed by atoms with van der Waals surface area (Å²) in [6, 6.07) is 2.55. The number of alkyl halides is 2. The van der Waals surface area contributed by atoms with Gasteiger partial charge in [0.2, 0.25) is 0 Å². The van der Waals surface area contributed by atoms with Crippen molar-refractivity contribution in [2.24, 2.45) is 0 Å². The molecule has 0 saturated carbocycles. The molecule has 1 fully saturated rings. The Kier molecular flexibility index (Phi) is 4.88. The van der Waals surface area contributed by atoms with Gasteiger partial charge in [-0.1, -0.05) is 6.07 Å². The maximum absolute atomic E-state index is 14.7. The molecule has 3 heterocycles. The number of likely N-dealkylation sites (tertiary alicyclic amines) is 1. The van der Waals surface area contributed by atoms with Crippen molar-refractivity contribution in [3.8, 4) is 0 Å². The van der Waals surface area contributed by atoms with Gasteiger partial charge in [0.25, 0.3) is 5.92 Å². The number of fused-ring (bicyclic) bond motifs is 1. The highest BCUT2D eigenvalue weighted by Crippen LogP contribution is 2.31. The number of H-pyrrole nitrogens is 1. The lowest BCUT2D eigenvalue weighted by molar-refractivity contribution is -0.0734. The van der Waals surface area contributed by atoms with E-state index >= 15 is 0 Å². The van der Waals surface area contributed by atoms with Crippen LogP contribution in [0.1, 0.15) is 12.0 Å². The minimum absolute atomic E-state index is 0.216. The number of nitrogens with zero attached hydrogens (tertiary/aromatic N) is 4. The van der Waals surface area contributed by atoms with Gasteiger partial charge < -0.3 is 5.32 Å². The third kappa shape index (κ3) is 3.77. The van der Waals surface area contributed by atoms with E-state index in [4.69, 9.17) is 0 Å². The van der Waals surface area contributed by atoms with Crippen LogP contribution in [0.5, 0.6) is 0 Å². The van der Waals surface area contributed by atoms with Gasteiger partial charge in [-0.2, -0.15) is 5.10 Å². The van der Waals surface area contributed by atoms with Crippen molar-refractivity contribution in [3.05, 3.63) is 47.9 Å². The number of hydrogen-bond acceptors (Lipinski definition) is 5. The lowest BCUT2D eigenvalue weighted by Crippen LogP contribution is -2.54. The molecule has 0 amide bonds. The maximum Gasteiger partial charge on any atom is 0.280 e. The zero-order valence-corrected chi connectivity index (χ0v) is 14.8. The van der Waals surface area contributed by atoms with Gasteiger partial charge in [-0.05, 0) is 30.5 Å². The number of halogens is 4. The summed E-state index contributed by atoms with van der Waals surface area (Å²) in [5.74, 6) is -4.51. The van der Waals surface area contributed by atoms with Crippen molar-refractivity contribution in [2.75, 3.05) is 25.0 Å². The maximum atomic E-state index is 14.7. The Hall–Kier alpha value is -2.75. The molecule has 3 aromatic rings. The minimum atomic E-state index is -2.98. The number of piperidine rings is 1. The number of benzene rings is 1. The Morgan fingerprint density at radius 2 is 2.07 bits per heavy atom. The monoisotopic (exact) mass is 394 g/mol. The van der Waals surface area contributed by atoms with Gasteiger partial charge >= 0.3 is 0 Å². The summed E-state index contributed by atoms with van der Waals surface area (Å²) in [4.78, 5) is 9.68. The summed E-state index contributed by atoms with van der Waals surface area (Å²) in [6.45, 7) is 0.372.